The van der Waals surface area contributed by atoms with E-state index in [-0.39, 0.29) is 0 Å². The highest BCUT2D eigenvalue weighted by molar-refractivity contribution is 5.44. The molecule has 0 spiro atoms. The van der Waals surface area contributed by atoms with Gasteiger partial charge in [0.05, 0.1) is 6.07 Å². The molecular weight excluding hydrogens is 414 g/mol. The quantitative estimate of drug-likeness (QED) is 0.389. The normalized spacial score (nSPS) is 18.8. The third-order valence-electron chi connectivity index (χ3n) is 7.53. The lowest BCUT2D eigenvalue weighted by Crippen LogP contribution is -2.35. The van der Waals surface area contributed by atoms with Crippen molar-refractivity contribution in [3.63, 3.8) is 0 Å². The molecule has 2 aromatic rings. The molecule has 2 nitrogen and oxygen atoms in total. The summed E-state index contributed by atoms with van der Waals surface area (Å²) < 4.78 is 31.0. The first-order valence-electron chi connectivity index (χ1n) is 12.4. The van der Waals surface area contributed by atoms with E-state index in [9.17, 15) is 0 Å². The van der Waals surface area contributed by atoms with Gasteiger partial charge in [-0.05, 0) is 87.1 Å². The summed E-state index contributed by atoms with van der Waals surface area (Å²) in [6.07, 6.45) is 6.87. The Labute approximate surface area is 198 Å². The second-order valence-corrected chi connectivity index (χ2v) is 9.69. The number of hydrogen-bond donors (Lipinski definition) is 0. The van der Waals surface area contributed by atoms with Gasteiger partial charge in [-0.1, -0.05) is 55.5 Å². The zero-order valence-electron chi connectivity index (χ0n) is 20.4. The van der Waals surface area contributed by atoms with Crippen LogP contribution in [0.15, 0.2) is 48.5 Å². The average Bonchev–Trinajstić information content (AvgIpc) is 2.77. The summed E-state index contributed by atoms with van der Waals surface area (Å²) in [6, 6.07) is 18.4. The highest BCUT2D eigenvalue weighted by Crippen LogP contribution is 2.51. The van der Waals surface area contributed by atoms with Gasteiger partial charge in [0.15, 0.2) is 0 Å². The summed E-state index contributed by atoms with van der Waals surface area (Å²) in [5.41, 5.74) is 1.32. The van der Waals surface area contributed by atoms with E-state index >= 15 is 8.78 Å². The van der Waals surface area contributed by atoms with Gasteiger partial charge >= 0.3 is 0 Å². The first kappa shape index (κ1) is 25.4. The Morgan fingerprint density at radius 1 is 0.939 bits per heavy atom. The number of nitriles is 1. The lowest BCUT2D eigenvalue weighted by molar-refractivity contribution is 0.0512. The van der Waals surface area contributed by atoms with Crippen molar-refractivity contribution in [2.24, 2.45) is 0 Å². The van der Waals surface area contributed by atoms with E-state index in [0.717, 1.165) is 55.3 Å². The second kappa shape index (κ2) is 11.3. The van der Waals surface area contributed by atoms with Gasteiger partial charge in [-0.25, -0.2) is 8.78 Å². The largest absolute Gasteiger partial charge is 0.299 e. The number of halogens is 2. The molecule has 4 rings (SSSR count). The Hall–Kier alpha value is -2.25. The minimum atomic E-state index is -1.25. The Morgan fingerprint density at radius 3 is 1.88 bits per heavy atom. The maximum atomic E-state index is 15.5. The van der Waals surface area contributed by atoms with E-state index in [1.54, 1.807) is 6.07 Å². The molecule has 1 atom stereocenters. The van der Waals surface area contributed by atoms with E-state index in [0.29, 0.717) is 31.7 Å². The van der Waals surface area contributed by atoms with Crippen LogP contribution in [-0.2, 0) is 24.3 Å². The third kappa shape index (κ3) is 5.82. The predicted molar refractivity (Wildman–Crippen MR) is 131 cm³/mol. The van der Waals surface area contributed by atoms with Crippen molar-refractivity contribution in [2.75, 3.05) is 7.05 Å². The molecule has 2 saturated carbocycles. The molecule has 2 aliphatic rings. The molecule has 0 saturated heterocycles. The van der Waals surface area contributed by atoms with Crippen molar-refractivity contribution in [2.45, 2.75) is 95.6 Å². The van der Waals surface area contributed by atoms with Crippen molar-refractivity contribution in [3.05, 3.63) is 70.8 Å². The highest BCUT2D eigenvalue weighted by Gasteiger charge is 2.45. The standard InChI is InChI=1S/C27H35F2N.C2H3N/c1-3-22(30(2)20-21-10-5-4-6-11-21)14-15-23-24(26(28)16-8-17-26)12-7-13-25(23)27(29)18-9-19-27;1-2-3/h4-7,10-13,22H,3,8-9,14-20H2,1-2H3;1H3. The first-order valence-corrected chi connectivity index (χ1v) is 12.4. The lowest BCUT2D eigenvalue weighted by Gasteiger charge is -2.40. The molecule has 0 radical (unpaired) electrons. The van der Waals surface area contributed by atoms with Crippen LogP contribution in [0.2, 0.25) is 0 Å². The van der Waals surface area contributed by atoms with Crippen LogP contribution in [0.4, 0.5) is 8.78 Å². The Kier molecular flexibility index (Phi) is 8.65. The number of benzene rings is 2. The summed E-state index contributed by atoms with van der Waals surface area (Å²) in [5, 5.41) is 7.32. The van der Waals surface area contributed by atoms with E-state index in [1.807, 2.05) is 24.3 Å². The summed E-state index contributed by atoms with van der Waals surface area (Å²) in [6.45, 7) is 4.54. The summed E-state index contributed by atoms with van der Waals surface area (Å²) in [5.74, 6) is 0. The fourth-order valence-corrected chi connectivity index (χ4v) is 5.26. The smallest absolute Gasteiger partial charge is 0.136 e. The predicted octanol–water partition coefficient (Wildman–Crippen LogP) is 7.76. The number of nitrogens with zero attached hydrogens (tertiary/aromatic N) is 2. The molecule has 0 bridgehead atoms. The number of hydrogen-bond acceptors (Lipinski definition) is 2. The third-order valence-corrected chi connectivity index (χ3v) is 7.53. The highest BCUT2D eigenvalue weighted by atomic mass is 19.1. The van der Waals surface area contributed by atoms with Crippen molar-refractivity contribution >= 4 is 0 Å². The van der Waals surface area contributed by atoms with Gasteiger partial charge < -0.3 is 0 Å². The van der Waals surface area contributed by atoms with Crippen LogP contribution < -0.4 is 0 Å². The van der Waals surface area contributed by atoms with Gasteiger partial charge in [0.25, 0.3) is 0 Å². The molecule has 0 N–H and O–H groups in total. The monoisotopic (exact) mass is 452 g/mol. The SMILES string of the molecule is CC#N.CCC(CCc1c(C2(F)CCC2)cccc1C1(F)CCC1)N(C)Cc1ccccc1. The molecule has 1 unspecified atom stereocenters. The molecular formula is C29H38F2N2. The van der Waals surface area contributed by atoms with Gasteiger partial charge in [-0.2, -0.15) is 5.26 Å². The van der Waals surface area contributed by atoms with Crippen molar-refractivity contribution in [3.8, 4) is 6.07 Å². The second-order valence-electron chi connectivity index (χ2n) is 9.69. The van der Waals surface area contributed by atoms with E-state index in [1.165, 1.54) is 12.5 Å². The fourth-order valence-electron chi connectivity index (χ4n) is 5.26. The number of alkyl halides is 2. The fraction of sp³-hybridized carbons (Fsp3) is 0.552. The summed E-state index contributed by atoms with van der Waals surface area (Å²) in [7, 11) is 2.17. The van der Waals surface area contributed by atoms with Gasteiger partial charge in [0, 0.05) is 19.5 Å². The first-order chi connectivity index (χ1) is 15.9. The molecule has 0 aliphatic heterocycles. The summed E-state index contributed by atoms with van der Waals surface area (Å²) in [4.78, 5) is 2.39. The minimum absolute atomic E-state index is 0.389. The molecule has 0 aromatic heterocycles. The molecule has 2 aromatic carbocycles. The van der Waals surface area contributed by atoms with Crippen molar-refractivity contribution in [1.82, 2.24) is 4.90 Å². The molecule has 0 heterocycles. The van der Waals surface area contributed by atoms with Crippen LogP contribution in [0.5, 0.6) is 0 Å². The Bertz CT molecular complexity index is 888. The van der Waals surface area contributed by atoms with Crippen LogP contribution >= 0.6 is 0 Å². The topological polar surface area (TPSA) is 27.0 Å². The summed E-state index contributed by atoms with van der Waals surface area (Å²) >= 11 is 0. The molecule has 0 amide bonds. The van der Waals surface area contributed by atoms with Crippen LogP contribution in [-0.4, -0.2) is 18.0 Å². The van der Waals surface area contributed by atoms with Crippen molar-refractivity contribution in [1.29, 1.82) is 5.26 Å². The van der Waals surface area contributed by atoms with Gasteiger partial charge in [0.2, 0.25) is 0 Å². The van der Waals surface area contributed by atoms with E-state index < -0.39 is 11.3 Å². The van der Waals surface area contributed by atoms with Gasteiger partial charge in [-0.3, -0.25) is 4.90 Å². The lowest BCUT2D eigenvalue weighted by atomic mass is 9.69. The van der Waals surface area contributed by atoms with Crippen LogP contribution in [0.25, 0.3) is 0 Å². The molecule has 178 valence electrons. The Balaban J connectivity index is 0.000000968. The average molecular weight is 453 g/mol. The van der Waals surface area contributed by atoms with E-state index in [2.05, 4.69) is 43.1 Å². The Morgan fingerprint density at radius 2 is 1.45 bits per heavy atom. The zero-order chi connectivity index (χ0) is 23.9. The van der Waals surface area contributed by atoms with E-state index in [4.69, 9.17) is 5.26 Å². The minimum Gasteiger partial charge on any atom is -0.299 e. The van der Waals surface area contributed by atoms with Crippen LogP contribution in [0, 0.1) is 11.3 Å². The maximum absolute atomic E-state index is 15.5. The maximum Gasteiger partial charge on any atom is 0.136 e. The van der Waals surface area contributed by atoms with Crippen LogP contribution in [0.3, 0.4) is 0 Å². The van der Waals surface area contributed by atoms with Crippen molar-refractivity contribution < 1.29 is 8.78 Å². The number of rotatable bonds is 9. The van der Waals surface area contributed by atoms with Gasteiger partial charge in [-0.15, -0.1) is 0 Å². The molecule has 2 aliphatic carbocycles. The molecule has 2 fully saturated rings. The zero-order valence-corrected chi connectivity index (χ0v) is 20.4. The molecule has 4 heteroatoms. The molecule has 33 heavy (non-hydrogen) atoms. The van der Waals surface area contributed by atoms with Gasteiger partial charge in [0.1, 0.15) is 11.3 Å². The van der Waals surface area contributed by atoms with Crippen LogP contribution in [0.1, 0.15) is 87.5 Å².